The van der Waals surface area contributed by atoms with Gasteiger partial charge >= 0.3 is 0 Å². The largest absolute Gasteiger partial charge is 0.355 e. The molecule has 1 aliphatic heterocycles. The summed E-state index contributed by atoms with van der Waals surface area (Å²) in [6, 6.07) is 0.687. The minimum atomic E-state index is -0.0282. The zero-order valence-electron chi connectivity index (χ0n) is 15.6. The van der Waals surface area contributed by atoms with E-state index in [2.05, 4.69) is 17.3 Å². The highest BCUT2D eigenvalue weighted by atomic mass is 16.2. The van der Waals surface area contributed by atoms with Gasteiger partial charge in [-0.25, -0.2) is 0 Å². The lowest BCUT2D eigenvalue weighted by Gasteiger charge is -2.33. The van der Waals surface area contributed by atoms with Gasteiger partial charge in [-0.15, -0.1) is 0 Å². The number of nitrogens with one attached hydrogen (secondary N) is 1. The first kappa shape index (κ1) is 19.2. The lowest BCUT2D eigenvalue weighted by Crippen LogP contribution is -2.47. The van der Waals surface area contributed by atoms with Crippen molar-refractivity contribution in [1.29, 1.82) is 0 Å². The first-order valence-electron chi connectivity index (χ1n) is 9.87. The monoisotopic (exact) mass is 337 g/mol. The molecule has 138 valence electrons. The van der Waals surface area contributed by atoms with Crippen LogP contribution in [0.2, 0.25) is 0 Å². The second kappa shape index (κ2) is 10.0. The normalized spacial score (nSPS) is 22.6. The fourth-order valence-electron chi connectivity index (χ4n) is 3.99. The molecule has 0 radical (unpaired) electrons. The van der Waals surface area contributed by atoms with Crippen LogP contribution < -0.4 is 5.32 Å². The van der Waals surface area contributed by atoms with Crippen LogP contribution in [0, 0.1) is 5.92 Å². The Labute approximate surface area is 147 Å². The van der Waals surface area contributed by atoms with Gasteiger partial charge in [-0.05, 0) is 39.2 Å². The predicted octanol–water partition coefficient (Wildman–Crippen LogP) is 2.41. The molecule has 2 fully saturated rings. The smallest absolute Gasteiger partial charge is 0.224 e. The van der Waals surface area contributed by atoms with Crippen molar-refractivity contribution < 1.29 is 9.59 Å². The molecule has 1 saturated heterocycles. The fourth-order valence-corrected chi connectivity index (χ4v) is 3.99. The summed E-state index contributed by atoms with van der Waals surface area (Å²) in [6.07, 6.45) is 9.95. The summed E-state index contributed by atoms with van der Waals surface area (Å²) in [5.41, 5.74) is 0. The molecule has 5 nitrogen and oxygen atoms in total. The van der Waals surface area contributed by atoms with Crippen LogP contribution in [0.5, 0.6) is 0 Å². The molecule has 1 atom stereocenters. The molecule has 0 aromatic carbocycles. The van der Waals surface area contributed by atoms with Crippen LogP contribution in [-0.4, -0.2) is 60.9 Å². The molecule has 0 bridgehead atoms. The van der Waals surface area contributed by atoms with Crippen LogP contribution in [-0.2, 0) is 9.59 Å². The van der Waals surface area contributed by atoms with Crippen LogP contribution in [0.15, 0.2) is 0 Å². The maximum atomic E-state index is 12.4. The third-order valence-electron chi connectivity index (χ3n) is 5.57. The van der Waals surface area contributed by atoms with Crippen molar-refractivity contribution in [3.63, 3.8) is 0 Å². The first-order chi connectivity index (χ1) is 11.6. The Hall–Kier alpha value is -1.10. The van der Waals surface area contributed by atoms with Gasteiger partial charge in [0.25, 0.3) is 0 Å². The number of hydrogen-bond acceptors (Lipinski definition) is 3. The molecule has 0 aromatic heterocycles. The molecule has 1 saturated carbocycles. The predicted molar refractivity (Wildman–Crippen MR) is 96.7 cm³/mol. The van der Waals surface area contributed by atoms with Gasteiger partial charge in [0.2, 0.25) is 11.8 Å². The van der Waals surface area contributed by atoms with E-state index in [1.807, 2.05) is 11.8 Å². The second-order valence-electron chi connectivity index (χ2n) is 7.49. The number of carbonyl (C=O) groups excluding carboxylic acids is 2. The number of amides is 2. The van der Waals surface area contributed by atoms with Crippen molar-refractivity contribution in [2.45, 2.75) is 70.8 Å². The summed E-state index contributed by atoms with van der Waals surface area (Å²) < 4.78 is 0. The lowest BCUT2D eigenvalue weighted by molar-refractivity contribution is -0.135. The summed E-state index contributed by atoms with van der Waals surface area (Å²) >= 11 is 0. The van der Waals surface area contributed by atoms with Gasteiger partial charge in [0.05, 0.1) is 5.92 Å². The van der Waals surface area contributed by atoms with Gasteiger partial charge in [-0.3, -0.25) is 9.59 Å². The van der Waals surface area contributed by atoms with E-state index in [0.29, 0.717) is 25.6 Å². The first-order valence-corrected chi connectivity index (χ1v) is 9.87. The van der Waals surface area contributed by atoms with Crippen molar-refractivity contribution in [3.8, 4) is 0 Å². The average Bonchev–Trinajstić information content (AvgIpc) is 2.62. The van der Waals surface area contributed by atoms with Crippen molar-refractivity contribution >= 4 is 11.8 Å². The Balaban J connectivity index is 1.68. The maximum absolute atomic E-state index is 12.4. The quantitative estimate of drug-likeness (QED) is 0.776. The Morgan fingerprint density at radius 2 is 1.88 bits per heavy atom. The van der Waals surface area contributed by atoms with E-state index in [4.69, 9.17) is 0 Å². The SMILES string of the molecule is CCCC(=O)N1CCCC(C(=O)NCCN(C)C2CCCCC2)C1. The van der Waals surface area contributed by atoms with E-state index >= 15 is 0 Å². The van der Waals surface area contributed by atoms with E-state index in [0.717, 1.165) is 32.4 Å². The van der Waals surface area contributed by atoms with Gasteiger partial charge in [0.1, 0.15) is 0 Å². The molecule has 0 spiro atoms. The number of likely N-dealkylation sites (N-methyl/N-ethyl adjacent to an activating group) is 1. The Kier molecular flexibility index (Phi) is 8.03. The third-order valence-corrected chi connectivity index (χ3v) is 5.57. The van der Waals surface area contributed by atoms with E-state index in [1.165, 1.54) is 32.1 Å². The molecule has 0 aromatic rings. The molecular weight excluding hydrogens is 302 g/mol. The average molecular weight is 338 g/mol. The highest BCUT2D eigenvalue weighted by Crippen LogP contribution is 2.21. The van der Waals surface area contributed by atoms with Crippen molar-refractivity contribution in [2.75, 3.05) is 33.2 Å². The fraction of sp³-hybridized carbons (Fsp3) is 0.895. The number of nitrogens with zero attached hydrogens (tertiary/aromatic N) is 2. The molecule has 2 amide bonds. The second-order valence-corrected chi connectivity index (χ2v) is 7.49. The molecule has 5 heteroatoms. The molecule has 2 rings (SSSR count). The molecule has 1 heterocycles. The van der Waals surface area contributed by atoms with Crippen molar-refractivity contribution in [3.05, 3.63) is 0 Å². The Bertz CT molecular complexity index is 407. The van der Waals surface area contributed by atoms with E-state index < -0.39 is 0 Å². The summed E-state index contributed by atoms with van der Waals surface area (Å²) in [7, 11) is 2.17. The van der Waals surface area contributed by atoms with Gasteiger partial charge in [-0.1, -0.05) is 26.2 Å². The Morgan fingerprint density at radius 1 is 1.12 bits per heavy atom. The zero-order valence-corrected chi connectivity index (χ0v) is 15.6. The zero-order chi connectivity index (χ0) is 17.4. The molecule has 1 N–H and O–H groups in total. The summed E-state index contributed by atoms with van der Waals surface area (Å²) in [5.74, 6) is 0.299. The van der Waals surface area contributed by atoms with E-state index in [1.54, 1.807) is 0 Å². The number of carbonyl (C=O) groups is 2. The summed E-state index contributed by atoms with van der Waals surface area (Å²) in [6.45, 7) is 5.07. The third kappa shape index (κ3) is 5.76. The van der Waals surface area contributed by atoms with Gasteiger partial charge < -0.3 is 15.1 Å². The molecular formula is C19H35N3O2. The lowest BCUT2D eigenvalue weighted by atomic mass is 9.94. The van der Waals surface area contributed by atoms with Crippen LogP contribution >= 0.6 is 0 Å². The highest BCUT2D eigenvalue weighted by Gasteiger charge is 2.28. The Morgan fingerprint density at radius 3 is 2.58 bits per heavy atom. The van der Waals surface area contributed by atoms with Gasteiger partial charge in [-0.2, -0.15) is 0 Å². The van der Waals surface area contributed by atoms with Crippen molar-refractivity contribution in [2.24, 2.45) is 5.92 Å². The van der Waals surface area contributed by atoms with Crippen molar-refractivity contribution in [1.82, 2.24) is 15.1 Å². The summed E-state index contributed by atoms with van der Waals surface area (Å²) in [4.78, 5) is 28.7. The molecule has 2 aliphatic rings. The molecule has 24 heavy (non-hydrogen) atoms. The standard InChI is InChI=1S/C19H35N3O2/c1-3-8-18(23)22-13-7-9-16(15-22)19(24)20-12-14-21(2)17-10-5-4-6-11-17/h16-17H,3-15H2,1-2H3,(H,20,24). The number of hydrogen-bond donors (Lipinski definition) is 1. The number of piperidine rings is 1. The van der Waals surface area contributed by atoms with Gasteiger partial charge in [0.15, 0.2) is 0 Å². The maximum Gasteiger partial charge on any atom is 0.224 e. The van der Waals surface area contributed by atoms with Crippen LogP contribution in [0.25, 0.3) is 0 Å². The minimum absolute atomic E-state index is 0.0282. The number of likely N-dealkylation sites (tertiary alicyclic amines) is 1. The van der Waals surface area contributed by atoms with Gasteiger partial charge in [0, 0.05) is 38.6 Å². The highest BCUT2D eigenvalue weighted by molar-refractivity contribution is 5.81. The van der Waals surface area contributed by atoms with Crippen LogP contribution in [0.1, 0.15) is 64.7 Å². The number of rotatable bonds is 7. The molecule has 1 unspecified atom stereocenters. The van der Waals surface area contributed by atoms with E-state index in [9.17, 15) is 9.59 Å². The molecule has 1 aliphatic carbocycles. The minimum Gasteiger partial charge on any atom is -0.355 e. The summed E-state index contributed by atoms with van der Waals surface area (Å²) in [5, 5.41) is 3.10. The van der Waals surface area contributed by atoms with E-state index in [-0.39, 0.29) is 17.7 Å². The van der Waals surface area contributed by atoms with Crippen LogP contribution in [0.3, 0.4) is 0 Å². The topological polar surface area (TPSA) is 52.7 Å². The van der Waals surface area contributed by atoms with Crippen LogP contribution in [0.4, 0.5) is 0 Å².